The van der Waals surface area contributed by atoms with Crippen molar-refractivity contribution in [2.45, 2.75) is 12.8 Å². The van der Waals surface area contributed by atoms with Crippen LogP contribution in [0.15, 0.2) is 48.5 Å². The first kappa shape index (κ1) is 21.5. The van der Waals surface area contributed by atoms with Crippen LogP contribution in [0.1, 0.15) is 12.8 Å². The number of nitrogen functional groups attached to an aromatic ring is 2. The summed E-state index contributed by atoms with van der Waals surface area (Å²) in [6.07, 6.45) is 1.68. The summed E-state index contributed by atoms with van der Waals surface area (Å²) in [6, 6.07) is 15.0. The van der Waals surface area contributed by atoms with Gasteiger partial charge in [0, 0.05) is 35.8 Å². The van der Waals surface area contributed by atoms with Crippen molar-refractivity contribution in [1.29, 1.82) is 0 Å². The molecule has 10 nitrogen and oxygen atoms in total. The molecule has 0 saturated carbocycles. The Balaban J connectivity index is 1.34. The molecule has 0 bridgehead atoms. The molecule has 6 N–H and O–H groups in total. The van der Waals surface area contributed by atoms with Gasteiger partial charge in [0.2, 0.25) is 11.9 Å². The van der Waals surface area contributed by atoms with Gasteiger partial charge in [-0.15, -0.1) is 0 Å². The van der Waals surface area contributed by atoms with E-state index in [2.05, 4.69) is 30.4 Å². The number of anilines is 4. The first-order valence-corrected chi connectivity index (χ1v) is 11.1. The molecule has 34 heavy (non-hydrogen) atoms. The minimum Gasteiger partial charge on any atom is -0.497 e. The standard InChI is InChI=1S/C24H26N8O2/c1-34-17-7-5-16(6-8-17)27-23(33)15-3-2-10-32(13-15)21-12-19(28-24(26)29-21)14-4-9-18-20(11-14)30-31-22(18)25/h4-9,11-12,15H,2-3,10,13H2,1H3,(H,27,33)(H3,25,30,31)(H2,26,28,29). The molecule has 1 fully saturated rings. The molecule has 1 amide bonds. The van der Waals surface area contributed by atoms with Crippen LogP contribution < -0.4 is 26.4 Å². The highest BCUT2D eigenvalue weighted by Crippen LogP contribution is 2.29. The molecule has 1 saturated heterocycles. The SMILES string of the molecule is COc1ccc(NC(=O)C2CCCN(c3cc(-c4ccc5c(N)n[nH]c5c4)nc(N)n3)C2)cc1. The Morgan fingerprint density at radius 1 is 1.15 bits per heavy atom. The lowest BCUT2D eigenvalue weighted by atomic mass is 9.97. The van der Waals surface area contributed by atoms with Crippen LogP contribution in [0, 0.1) is 5.92 Å². The van der Waals surface area contributed by atoms with E-state index in [0.29, 0.717) is 23.9 Å². The van der Waals surface area contributed by atoms with E-state index in [-0.39, 0.29) is 17.8 Å². The molecule has 1 atom stereocenters. The van der Waals surface area contributed by atoms with Crippen LogP contribution in [0.3, 0.4) is 0 Å². The van der Waals surface area contributed by atoms with Crippen LogP contribution in [-0.2, 0) is 4.79 Å². The highest BCUT2D eigenvalue weighted by molar-refractivity contribution is 5.93. The van der Waals surface area contributed by atoms with Crippen LogP contribution in [-0.4, -0.2) is 46.3 Å². The monoisotopic (exact) mass is 458 g/mol. The number of nitrogens with zero attached hydrogens (tertiary/aromatic N) is 4. The summed E-state index contributed by atoms with van der Waals surface area (Å²) in [6.45, 7) is 1.34. The van der Waals surface area contributed by atoms with Gasteiger partial charge in [0.1, 0.15) is 11.6 Å². The van der Waals surface area contributed by atoms with Crippen LogP contribution in [0.4, 0.5) is 23.3 Å². The quantitative estimate of drug-likeness (QED) is 0.357. The zero-order valence-corrected chi connectivity index (χ0v) is 18.8. The highest BCUT2D eigenvalue weighted by Gasteiger charge is 2.27. The largest absolute Gasteiger partial charge is 0.497 e. The van der Waals surface area contributed by atoms with Crippen LogP contribution in [0.2, 0.25) is 0 Å². The fourth-order valence-corrected chi connectivity index (χ4v) is 4.28. The van der Waals surface area contributed by atoms with Gasteiger partial charge in [-0.25, -0.2) is 4.98 Å². The second kappa shape index (κ2) is 8.89. The highest BCUT2D eigenvalue weighted by atomic mass is 16.5. The first-order chi connectivity index (χ1) is 16.5. The zero-order valence-electron chi connectivity index (χ0n) is 18.8. The molecular formula is C24H26N8O2. The van der Waals surface area contributed by atoms with Crippen molar-refractivity contribution in [3.05, 3.63) is 48.5 Å². The number of methoxy groups -OCH3 is 1. The number of H-pyrrole nitrogens is 1. The predicted octanol–water partition coefficient (Wildman–Crippen LogP) is 3.05. The number of nitrogens with one attached hydrogen (secondary N) is 2. The second-order valence-corrected chi connectivity index (χ2v) is 8.34. The third kappa shape index (κ3) is 4.29. The Kier molecular flexibility index (Phi) is 5.62. The molecule has 5 rings (SSSR count). The van der Waals surface area contributed by atoms with Gasteiger partial charge >= 0.3 is 0 Å². The molecule has 3 heterocycles. The van der Waals surface area contributed by atoms with Crippen LogP contribution >= 0.6 is 0 Å². The zero-order chi connectivity index (χ0) is 23.7. The summed E-state index contributed by atoms with van der Waals surface area (Å²) < 4.78 is 5.17. The Hall–Kier alpha value is -4.34. The number of rotatable bonds is 5. The van der Waals surface area contributed by atoms with E-state index < -0.39 is 0 Å². The molecular weight excluding hydrogens is 432 g/mol. The maximum atomic E-state index is 12.9. The molecule has 0 radical (unpaired) electrons. The molecule has 1 aliphatic heterocycles. The number of benzene rings is 2. The Labute approximate surface area is 196 Å². The minimum atomic E-state index is -0.167. The normalized spacial score (nSPS) is 15.9. The van der Waals surface area contributed by atoms with Crippen molar-refractivity contribution in [3.63, 3.8) is 0 Å². The lowest BCUT2D eigenvalue weighted by Gasteiger charge is -2.33. The van der Waals surface area contributed by atoms with Gasteiger partial charge in [-0.3, -0.25) is 9.89 Å². The lowest BCUT2D eigenvalue weighted by molar-refractivity contribution is -0.120. The molecule has 1 unspecified atom stereocenters. The summed E-state index contributed by atoms with van der Waals surface area (Å²) >= 11 is 0. The maximum absolute atomic E-state index is 12.9. The summed E-state index contributed by atoms with van der Waals surface area (Å²) in [4.78, 5) is 23.9. The molecule has 0 spiro atoms. The van der Waals surface area contributed by atoms with Gasteiger partial charge in [-0.1, -0.05) is 6.07 Å². The first-order valence-electron chi connectivity index (χ1n) is 11.1. The predicted molar refractivity (Wildman–Crippen MR) is 133 cm³/mol. The Morgan fingerprint density at radius 2 is 1.97 bits per heavy atom. The lowest BCUT2D eigenvalue weighted by Crippen LogP contribution is -2.41. The number of aromatic amines is 1. The molecule has 4 aromatic rings. The molecule has 2 aromatic heterocycles. The topological polar surface area (TPSA) is 148 Å². The number of carbonyl (C=O) groups is 1. The van der Waals surface area contributed by atoms with Crippen LogP contribution in [0.5, 0.6) is 5.75 Å². The molecule has 0 aliphatic carbocycles. The van der Waals surface area contributed by atoms with Gasteiger partial charge in [0.15, 0.2) is 5.82 Å². The van der Waals surface area contributed by atoms with Gasteiger partial charge in [-0.05, 0) is 49.2 Å². The Bertz CT molecular complexity index is 1330. The number of carbonyl (C=O) groups excluding carboxylic acids is 1. The fourth-order valence-electron chi connectivity index (χ4n) is 4.28. The molecule has 10 heteroatoms. The number of hydrogen-bond donors (Lipinski definition) is 4. The van der Waals surface area contributed by atoms with Gasteiger partial charge in [0.05, 0.1) is 24.2 Å². The number of aromatic nitrogens is 4. The van der Waals surface area contributed by atoms with Crippen molar-refractivity contribution in [1.82, 2.24) is 20.2 Å². The maximum Gasteiger partial charge on any atom is 0.229 e. The number of piperidine rings is 1. The van der Waals surface area contributed by atoms with E-state index in [1.54, 1.807) is 7.11 Å². The van der Waals surface area contributed by atoms with E-state index in [4.69, 9.17) is 16.2 Å². The third-order valence-electron chi connectivity index (χ3n) is 6.09. The molecule has 1 aliphatic rings. The Morgan fingerprint density at radius 3 is 2.76 bits per heavy atom. The average Bonchev–Trinajstić information content (AvgIpc) is 3.24. The van der Waals surface area contributed by atoms with E-state index in [1.165, 1.54) is 0 Å². The number of hydrogen-bond acceptors (Lipinski definition) is 8. The van der Waals surface area contributed by atoms with Gasteiger partial charge in [-0.2, -0.15) is 10.1 Å². The smallest absolute Gasteiger partial charge is 0.229 e. The summed E-state index contributed by atoms with van der Waals surface area (Å²) in [5.41, 5.74) is 15.1. The van der Waals surface area contributed by atoms with Crippen LogP contribution in [0.25, 0.3) is 22.2 Å². The van der Waals surface area contributed by atoms with Gasteiger partial charge in [0.25, 0.3) is 0 Å². The van der Waals surface area contributed by atoms with Gasteiger partial charge < -0.3 is 26.4 Å². The number of nitrogens with two attached hydrogens (primary N) is 2. The number of fused-ring (bicyclic) bond motifs is 1. The van der Waals surface area contributed by atoms with E-state index >= 15 is 0 Å². The fraction of sp³-hybridized carbons (Fsp3) is 0.250. The minimum absolute atomic E-state index is 0.0144. The average molecular weight is 459 g/mol. The van der Waals surface area contributed by atoms with Crippen molar-refractivity contribution < 1.29 is 9.53 Å². The molecule has 174 valence electrons. The van der Waals surface area contributed by atoms with Crippen molar-refractivity contribution in [2.75, 3.05) is 41.9 Å². The molecule has 2 aromatic carbocycles. The van der Waals surface area contributed by atoms with Crippen molar-refractivity contribution in [3.8, 4) is 17.0 Å². The van der Waals surface area contributed by atoms with Crippen molar-refractivity contribution in [2.24, 2.45) is 5.92 Å². The second-order valence-electron chi connectivity index (χ2n) is 8.34. The summed E-state index contributed by atoms with van der Waals surface area (Å²) in [5, 5.41) is 10.8. The van der Waals surface area contributed by atoms with E-state index in [9.17, 15) is 4.79 Å². The van der Waals surface area contributed by atoms with Crippen molar-refractivity contribution >= 4 is 40.1 Å². The summed E-state index contributed by atoms with van der Waals surface area (Å²) in [7, 11) is 1.61. The number of amides is 1. The van der Waals surface area contributed by atoms with E-state index in [0.717, 1.165) is 47.3 Å². The number of ether oxygens (including phenoxy) is 1. The van der Waals surface area contributed by atoms with E-state index in [1.807, 2.05) is 48.5 Å². The summed E-state index contributed by atoms with van der Waals surface area (Å²) in [5.74, 6) is 1.90. The third-order valence-corrected chi connectivity index (χ3v) is 6.09.